The third-order valence-corrected chi connectivity index (χ3v) is 3.35. The van der Waals surface area contributed by atoms with Gasteiger partial charge in [0, 0.05) is 5.75 Å². The van der Waals surface area contributed by atoms with Gasteiger partial charge in [0.15, 0.2) is 0 Å². The highest BCUT2D eigenvalue weighted by Crippen LogP contribution is 2.38. The van der Waals surface area contributed by atoms with Gasteiger partial charge < -0.3 is 4.55 Å². The molecule has 1 unspecified atom stereocenters. The Labute approximate surface area is 61.3 Å². The molecule has 0 saturated heterocycles. The van der Waals surface area contributed by atoms with Gasteiger partial charge in [-0.25, -0.2) is 0 Å². The number of hydrogen-bond donors (Lipinski definition) is 1. The first kappa shape index (κ1) is 9.91. The van der Waals surface area contributed by atoms with Crippen LogP contribution in [0, 0.1) is 0 Å². The fourth-order valence-corrected chi connectivity index (χ4v) is 1.08. The molecule has 0 saturated carbocycles. The highest BCUT2D eigenvalue weighted by atomic mass is 32.3. The predicted molar refractivity (Wildman–Crippen MR) is 41.9 cm³/mol. The fraction of sp³-hybridized carbons (Fsp3) is 0.667. The number of hydrogen-bond acceptors (Lipinski definition) is 1. The summed E-state index contributed by atoms with van der Waals surface area (Å²) in [6, 6.07) is 0. The quantitative estimate of drug-likeness (QED) is 0.690. The zero-order valence-corrected chi connectivity index (χ0v) is 6.92. The van der Waals surface area contributed by atoms with E-state index >= 15 is 0 Å². The molecular formula is C6H12F2OS. The van der Waals surface area contributed by atoms with Gasteiger partial charge in [0.2, 0.25) is 0 Å². The second-order valence-electron chi connectivity index (χ2n) is 2.17. The van der Waals surface area contributed by atoms with E-state index in [1.54, 1.807) is 13.2 Å². The van der Waals surface area contributed by atoms with E-state index in [-0.39, 0.29) is 5.75 Å². The molecule has 0 rings (SSSR count). The van der Waals surface area contributed by atoms with Gasteiger partial charge in [0.25, 0.3) is 6.08 Å². The molecule has 0 aliphatic rings. The maximum absolute atomic E-state index is 11.5. The second-order valence-corrected chi connectivity index (χ2v) is 5.53. The van der Waals surface area contributed by atoms with Crippen molar-refractivity contribution in [2.24, 2.45) is 0 Å². The summed E-state index contributed by atoms with van der Waals surface area (Å²) in [4.78, 5) is 0. The van der Waals surface area contributed by atoms with Crippen LogP contribution in [0.5, 0.6) is 0 Å². The summed E-state index contributed by atoms with van der Waals surface area (Å²) in [5, 5.41) is 0. The Morgan fingerprint density at radius 3 is 2.40 bits per heavy atom. The van der Waals surface area contributed by atoms with Crippen LogP contribution >= 0.6 is 10.3 Å². The molecule has 0 radical (unpaired) electrons. The molecule has 0 aromatic carbocycles. The Kier molecular flexibility index (Phi) is 3.89. The molecule has 1 nitrogen and oxygen atoms in total. The summed E-state index contributed by atoms with van der Waals surface area (Å²) in [5.41, 5.74) is 0. The molecule has 1 N–H and O–H groups in total. The summed E-state index contributed by atoms with van der Waals surface area (Å²) < 4.78 is 32.2. The zero-order chi connectivity index (χ0) is 8.20. The Hall–Kier alpha value is -0.0900. The minimum atomic E-state index is -1.77. The largest absolute Gasteiger partial charge is 0.351 e. The van der Waals surface area contributed by atoms with Gasteiger partial charge in [0.1, 0.15) is 0 Å². The van der Waals surface area contributed by atoms with Crippen molar-refractivity contribution in [3.05, 3.63) is 12.2 Å². The first-order chi connectivity index (χ1) is 4.48. The SMILES string of the molecule is CCS(C)(O)CC=C(F)F. The molecule has 0 aliphatic carbocycles. The van der Waals surface area contributed by atoms with Crippen molar-refractivity contribution in [3.8, 4) is 0 Å². The fourth-order valence-electron chi connectivity index (χ4n) is 0.360. The summed E-state index contributed by atoms with van der Waals surface area (Å²) in [6.07, 6.45) is 0.687. The minimum absolute atomic E-state index is 0.103. The molecule has 62 valence electrons. The van der Waals surface area contributed by atoms with Crippen LogP contribution in [0.25, 0.3) is 0 Å². The van der Waals surface area contributed by atoms with E-state index < -0.39 is 16.4 Å². The van der Waals surface area contributed by atoms with Crippen LogP contribution in [0.1, 0.15) is 6.92 Å². The summed E-state index contributed by atoms with van der Waals surface area (Å²) in [6.45, 7) is 1.79. The normalized spacial score (nSPS) is 19.3. The summed E-state index contributed by atoms with van der Waals surface area (Å²) in [7, 11) is -1.77. The molecule has 1 atom stereocenters. The first-order valence-corrected chi connectivity index (χ1v) is 5.29. The smallest absolute Gasteiger partial charge is 0.267 e. The molecule has 10 heavy (non-hydrogen) atoms. The van der Waals surface area contributed by atoms with Crippen molar-refractivity contribution < 1.29 is 13.3 Å². The van der Waals surface area contributed by atoms with Crippen LogP contribution in [-0.4, -0.2) is 22.3 Å². The lowest BCUT2D eigenvalue weighted by Gasteiger charge is -2.25. The van der Waals surface area contributed by atoms with E-state index in [9.17, 15) is 13.3 Å². The third-order valence-electron chi connectivity index (χ3n) is 1.22. The minimum Gasteiger partial charge on any atom is -0.351 e. The molecular weight excluding hydrogens is 158 g/mol. The molecule has 0 aromatic heterocycles. The van der Waals surface area contributed by atoms with Crippen LogP contribution in [0.2, 0.25) is 0 Å². The molecule has 0 aliphatic heterocycles. The average molecular weight is 170 g/mol. The highest BCUT2D eigenvalue weighted by molar-refractivity contribution is 8.28. The molecule has 0 fully saturated rings. The maximum Gasteiger partial charge on any atom is 0.267 e. The van der Waals surface area contributed by atoms with Crippen LogP contribution < -0.4 is 0 Å². The van der Waals surface area contributed by atoms with E-state index in [0.717, 1.165) is 6.08 Å². The topological polar surface area (TPSA) is 20.2 Å². The molecule has 0 spiro atoms. The summed E-state index contributed by atoms with van der Waals surface area (Å²) in [5.74, 6) is 0.669. The number of rotatable bonds is 3. The van der Waals surface area contributed by atoms with Crippen molar-refractivity contribution in [3.63, 3.8) is 0 Å². The van der Waals surface area contributed by atoms with Crippen molar-refractivity contribution in [2.75, 3.05) is 17.8 Å². The third kappa shape index (κ3) is 4.76. The van der Waals surface area contributed by atoms with Crippen LogP contribution in [0.4, 0.5) is 8.78 Å². The molecule has 0 amide bonds. The van der Waals surface area contributed by atoms with E-state index in [1.165, 1.54) is 0 Å². The van der Waals surface area contributed by atoms with Crippen molar-refractivity contribution in [1.29, 1.82) is 0 Å². The van der Waals surface area contributed by atoms with E-state index in [1.807, 2.05) is 0 Å². The van der Waals surface area contributed by atoms with Gasteiger partial charge in [-0.15, -0.1) is 10.3 Å². The molecule has 4 heteroatoms. The van der Waals surface area contributed by atoms with Crippen molar-refractivity contribution in [1.82, 2.24) is 0 Å². The standard InChI is InChI=1S/C6H12F2OS/c1-3-10(2,9)5-4-6(7)8/h4,9H,3,5H2,1-2H3. The lowest BCUT2D eigenvalue weighted by Crippen LogP contribution is -2.02. The van der Waals surface area contributed by atoms with Gasteiger partial charge in [-0.1, -0.05) is 6.92 Å². The zero-order valence-electron chi connectivity index (χ0n) is 6.10. The Morgan fingerprint density at radius 1 is 1.60 bits per heavy atom. The lowest BCUT2D eigenvalue weighted by atomic mass is 10.7. The molecule has 0 bridgehead atoms. The van der Waals surface area contributed by atoms with Crippen LogP contribution in [0.3, 0.4) is 0 Å². The Balaban J connectivity index is 3.78. The monoisotopic (exact) mass is 170 g/mol. The lowest BCUT2D eigenvalue weighted by molar-refractivity contribution is 0.420. The van der Waals surface area contributed by atoms with Crippen LogP contribution in [-0.2, 0) is 0 Å². The van der Waals surface area contributed by atoms with E-state index in [2.05, 4.69) is 0 Å². The van der Waals surface area contributed by atoms with Gasteiger partial charge in [-0.2, -0.15) is 8.78 Å². The predicted octanol–water partition coefficient (Wildman–Crippen LogP) is 2.69. The summed E-state index contributed by atoms with van der Waals surface area (Å²) >= 11 is 0. The van der Waals surface area contributed by atoms with Gasteiger partial charge in [0.05, 0.1) is 0 Å². The molecule has 0 aromatic rings. The van der Waals surface area contributed by atoms with Gasteiger partial charge >= 0.3 is 0 Å². The second kappa shape index (κ2) is 3.93. The first-order valence-electron chi connectivity index (χ1n) is 2.95. The Morgan fingerprint density at radius 2 is 2.10 bits per heavy atom. The van der Waals surface area contributed by atoms with Gasteiger partial charge in [-0.05, 0) is 18.1 Å². The van der Waals surface area contributed by atoms with E-state index in [4.69, 9.17) is 0 Å². The van der Waals surface area contributed by atoms with Crippen LogP contribution in [0.15, 0.2) is 12.2 Å². The van der Waals surface area contributed by atoms with Crippen molar-refractivity contribution >= 4 is 10.3 Å². The average Bonchev–Trinajstić information content (AvgIpc) is 1.85. The maximum atomic E-state index is 11.5. The van der Waals surface area contributed by atoms with E-state index in [0.29, 0.717) is 5.75 Å². The molecule has 0 heterocycles. The number of halogens is 2. The highest BCUT2D eigenvalue weighted by Gasteiger charge is 2.08. The van der Waals surface area contributed by atoms with Gasteiger partial charge in [-0.3, -0.25) is 0 Å². The Bertz CT molecular complexity index is 130. The van der Waals surface area contributed by atoms with Crippen molar-refractivity contribution in [2.45, 2.75) is 6.92 Å².